The molecule has 0 bridgehead atoms. The molecule has 0 radical (unpaired) electrons. The molecule has 2 heterocycles. The van der Waals surface area contributed by atoms with Crippen LogP contribution in [-0.4, -0.2) is 71.8 Å². The number of carbonyl (C=O) groups is 2. The molecule has 2 atom stereocenters. The molecule has 1 aromatic rings. The molecule has 1 aromatic carbocycles. The maximum absolute atomic E-state index is 12.9. The molecule has 2 fully saturated rings. The molecule has 0 aliphatic carbocycles. The molecule has 0 unspecified atom stereocenters. The lowest BCUT2D eigenvalue weighted by Gasteiger charge is -2.43. The van der Waals surface area contributed by atoms with Crippen LogP contribution in [0.3, 0.4) is 0 Å². The normalized spacial score (nSPS) is 25.4. The summed E-state index contributed by atoms with van der Waals surface area (Å²) in [6.45, 7) is 3.66. The average molecular weight is 352 g/mol. The largest absolute Gasteiger partial charge is 0.508 e. The van der Waals surface area contributed by atoms with Crippen molar-refractivity contribution in [3.8, 4) is 5.75 Å². The van der Waals surface area contributed by atoms with Gasteiger partial charge < -0.3 is 14.9 Å². The molecule has 2 aliphatic rings. The number of amides is 2. The van der Waals surface area contributed by atoms with Gasteiger partial charge in [-0.25, -0.2) is 8.42 Å². The third-order valence-electron chi connectivity index (χ3n) is 4.88. The van der Waals surface area contributed by atoms with Crippen LogP contribution in [0.4, 0.5) is 0 Å². The Morgan fingerprint density at radius 2 is 1.71 bits per heavy atom. The number of fused-ring (bicyclic) bond motifs is 1. The van der Waals surface area contributed by atoms with Crippen LogP contribution in [0.2, 0.25) is 0 Å². The highest BCUT2D eigenvalue weighted by molar-refractivity contribution is 7.91. The Morgan fingerprint density at radius 3 is 2.33 bits per heavy atom. The van der Waals surface area contributed by atoms with Crippen LogP contribution >= 0.6 is 0 Å². The summed E-state index contributed by atoms with van der Waals surface area (Å²) in [5.41, 5.74) is 0.822. The summed E-state index contributed by atoms with van der Waals surface area (Å²) < 4.78 is 24.1. The van der Waals surface area contributed by atoms with E-state index in [0.29, 0.717) is 17.7 Å². The van der Waals surface area contributed by atoms with Crippen molar-refractivity contribution in [2.24, 2.45) is 0 Å². The summed E-state index contributed by atoms with van der Waals surface area (Å²) in [5.74, 6) is -0.703. The van der Waals surface area contributed by atoms with Gasteiger partial charge in [0.1, 0.15) is 5.75 Å². The molecule has 1 N–H and O–H groups in total. The molecule has 2 aliphatic heterocycles. The van der Waals surface area contributed by atoms with Gasteiger partial charge in [0.25, 0.3) is 5.91 Å². The SMILES string of the molecule is CC(=O)N1CCN(C(=O)c2cccc(O)c2C)[C@H]2CS(=O)(=O)C[C@H]21. The zero-order valence-electron chi connectivity index (χ0n) is 13.6. The Morgan fingerprint density at radius 1 is 1.12 bits per heavy atom. The van der Waals surface area contributed by atoms with Gasteiger partial charge in [0.15, 0.2) is 9.84 Å². The zero-order valence-corrected chi connectivity index (χ0v) is 14.4. The number of hydrogen-bond donors (Lipinski definition) is 1. The van der Waals surface area contributed by atoms with Crippen LogP contribution in [0, 0.1) is 6.92 Å². The van der Waals surface area contributed by atoms with Crippen molar-refractivity contribution >= 4 is 21.7 Å². The molecule has 2 amide bonds. The first-order chi connectivity index (χ1) is 11.2. The minimum absolute atomic E-state index is 0.0267. The topological polar surface area (TPSA) is 95.0 Å². The summed E-state index contributed by atoms with van der Waals surface area (Å²) in [4.78, 5) is 27.8. The summed E-state index contributed by atoms with van der Waals surface area (Å²) >= 11 is 0. The number of phenolic OH excluding ortho intramolecular Hbond substituents is 1. The van der Waals surface area contributed by atoms with Gasteiger partial charge >= 0.3 is 0 Å². The highest BCUT2D eigenvalue weighted by Gasteiger charge is 2.49. The van der Waals surface area contributed by atoms with Crippen molar-refractivity contribution in [1.82, 2.24) is 9.80 Å². The first-order valence-electron chi connectivity index (χ1n) is 7.78. The maximum Gasteiger partial charge on any atom is 0.254 e. The molecule has 8 heteroatoms. The van der Waals surface area contributed by atoms with E-state index in [0.717, 1.165) is 0 Å². The first-order valence-corrected chi connectivity index (χ1v) is 9.60. The molecule has 130 valence electrons. The molecule has 3 rings (SSSR count). The van der Waals surface area contributed by atoms with Gasteiger partial charge in [-0.05, 0) is 19.1 Å². The Bertz CT molecular complexity index is 805. The van der Waals surface area contributed by atoms with Crippen molar-refractivity contribution in [3.63, 3.8) is 0 Å². The van der Waals surface area contributed by atoms with E-state index in [2.05, 4.69) is 0 Å². The van der Waals surface area contributed by atoms with Crippen molar-refractivity contribution in [3.05, 3.63) is 29.3 Å². The van der Waals surface area contributed by atoms with Crippen molar-refractivity contribution in [2.75, 3.05) is 24.6 Å². The third kappa shape index (κ3) is 2.75. The van der Waals surface area contributed by atoms with Crippen LogP contribution in [0.1, 0.15) is 22.8 Å². The Hall–Kier alpha value is -2.09. The Labute approximate surface area is 140 Å². The average Bonchev–Trinajstić information content (AvgIpc) is 2.82. The van der Waals surface area contributed by atoms with Gasteiger partial charge in [-0.2, -0.15) is 0 Å². The van der Waals surface area contributed by atoms with Crippen LogP contribution < -0.4 is 0 Å². The number of benzene rings is 1. The number of sulfone groups is 1. The predicted molar refractivity (Wildman–Crippen MR) is 87.5 cm³/mol. The van der Waals surface area contributed by atoms with Crippen LogP contribution in [0.25, 0.3) is 0 Å². The van der Waals surface area contributed by atoms with E-state index in [-0.39, 0.29) is 35.6 Å². The lowest BCUT2D eigenvalue weighted by Crippen LogP contribution is -2.61. The monoisotopic (exact) mass is 352 g/mol. The van der Waals surface area contributed by atoms with Gasteiger partial charge in [-0.15, -0.1) is 0 Å². The fourth-order valence-corrected chi connectivity index (χ4v) is 5.59. The van der Waals surface area contributed by atoms with Crippen LogP contribution in [0.15, 0.2) is 18.2 Å². The fraction of sp³-hybridized carbons (Fsp3) is 0.500. The number of carbonyl (C=O) groups excluding carboxylic acids is 2. The molecule has 2 saturated heterocycles. The van der Waals surface area contributed by atoms with Crippen LogP contribution in [-0.2, 0) is 14.6 Å². The number of aromatic hydroxyl groups is 1. The highest BCUT2D eigenvalue weighted by atomic mass is 32.2. The van der Waals surface area contributed by atoms with Gasteiger partial charge in [0, 0.05) is 31.1 Å². The van der Waals surface area contributed by atoms with E-state index in [1.165, 1.54) is 17.9 Å². The standard InChI is InChI=1S/C16H20N2O5S/c1-10-12(4-3-5-15(10)20)16(21)18-7-6-17(11(2)19)13-8-24(22,23)9-14(13)18/h3-5,13-14,20H,6-9H2,1-2H3/t13-,14+/m1/s1. The Balaban J connectivity index is 1.96. The molecular formula is C16H20N2O5S. The van der Waals surface area contributed by atoms with E-state index in [1.54, 1.807) is 24.0 Å². The van der Waals surface area contributed by atoms with E-state index in [9.17, 15) is 23.1 Å². The maximum atomic E-state index is 12.9. The van der Waals surface area contributed by atoms with Crippen molar-refractivity contribution < 1.29 is 23.1 Å². The number of phenols is 1. The molecule has 0 spiro atoms. The van der Waals surface area contributed by atoms with Gasteiger partial charge in [0.2, 0.25) is 5.91 Å². The van der Waals surface area contributed by atoms with Gasteiger partial charge in [0.05, 0.1) is 23.6 Å². The van der Waals surface area contributed by atoms with Gasteiger partial charge in [-0.3, -0.25) is 9.59 Å². The molecule has 7 nitrogen and oxygen atoms in total. The number of rotatable bonds is 1. The molecular weight excluding hydrogens is 332 g/mol. The summed E-state index contributed by atoms with van der Waals surface area (Å²) in [7, 11) is -3.30. The third-order valence-corrected chi connectivity index (χ3v) is 6.58. The molecule has 0 saturated carbocycles. The second-order valence-corrected chi connectivity index (χ2v) is 8.53. The van der Waals surface area contributed by atoms with E-state index >= 15 is 0 Å². The second-order valence-electron chi connectivity index (χ2n) is 6.37. The Kier molecular flexibility index (Phi) is 4.03. The number of piperazine rings is 1. The second kappa shape index (κ2) is 5.77. The quantitative estimate of drug-likeness (QED) is 0.777. The number of nitrogens with zero attached hydrogens (tertiary/aromatic N) is 2. The predicted octanol–water partition coefficient (Wildman–Crippen LogP) is 0.171. The van der Waals surface area contributed by atoms with Crippen molar-refractivity contribution in [1.29, 1.82) is 0 Å². The number of hydrogen-bond acceptors (Lipinski definition) is 5. The van der Waals surface area contributed by atoms with E-state index in [4.69, 9.17) is 0 Å². The van der Waals surface area contributed by atoms with Crippen molar-refractivity contribution in [2.45, 2.75) is 25.9 Å². The van der Waals surface area contributed by atoms with Crippen LogP contribution in [0.5, 0.6) is 5.75 Å². The van der Waals surface area contributed by atoms with E-state index in [1.807, 2.05) is 0 Å². The minimum atomic E-state index is -3.30. The zero-order chi connectivity index (χ0) is 17.6. The summed E-state index contributed by atoms with van der Waals surface area (Å²) in [6.07, 6.45) is 0. The smallest absolute Gasteiger partial charge is 0.254 e. The minimum Gasteiger partial charge on any atom is -0.508 e. The lowest BCUT2D eigenvalue weighted by molar-refractivity contribution is -0.133. The first kappa shape index (κ1) is 16.8. The van der Waals surface area contributed by atoms with Gasteiger partial charge in [-0.1, -0.05) is 6.07 Å². The molecule has 24 heavy (non-hydrogen) atoms. The highest BCUT2D eigenvalue weighted by Crippen LogP contribution is 2.30. The van der Waals surface area contributed by atoms with E-state index < -0.39 is 21.9 Å². The fourth-order valence-electron chi connectivity index (χ4n) is 3.61. The lowest BCUT2D eigenvalue weighted by atomic mass is 10.0. The summed E-state index contributed by atoms with van der Waals surface area (Å²) in [6, 6.07) is 3.67. The summed E-state index contributed by atoms with van der Waals surface area (Å²) in [5, 5.41) is 9.81. The molecule has 0 aromatic heterocycles.